The van der Waals surface area contributed by atoms with Crippen molar-refractivity contribution in [3.63, 3.8) is 0 Å². The van der Waals surface area contributed by atoms with Crippen molar-refractivity contribution >= 4 is 5.91 Å². The van der Waals surface area contributed by atoms with Crippen LogP contribution in [0.15, 0.2) is 6.20 Å². The van der Waals surface area contributed by atoms with Gasteiger partial charge in [-0.25, -0.2) is 4.68 Å². The van der Waals surface area contributed by atoms with Gasteiger partial charge < -0.3 is 15.4 Å². The smallest absolute Gasteiger partial charge is 0.242 e. The van der Waals surface area contributed by atoms with Gasteiger partial charge in [-0.3, -0.25) is 4.79 Å². The van der Waals surface area contributed by atoms with Crippen LogP contribution in [0, 0.1) is 5.92 Å². The number of nitrogens with zero attached hydrogens (tertiary/aromatic N) is 3. The molecule has 1 aromatic rings. The van der Waals surface area contributed by atoms with Gasteiger partial charge in [-0.05, 0) is 38.1 Å². The molecule has 1 saturated carbocycles. The Balaban J connectivity index is 1.39. The number of nitrogens with one attached hydrogen (secondary N) is 2. The molecule has 0 spiro atoms. The molecule has 0 unspecified atom stereocenters. The highest BCUT2D eigenvalue weighted by Crippen LogP contribution is 2.27. The first-order chi connectivity index (χ1) is 10.3. The van der Waals surface area contributed by atoms with Crippen LogP contribution in [0.25, 0.3) is 0 Å². The summed E-state index contributed by atoms with van der Waals surface area (Å²) in [6.45, 7) is 3.46. The van der Waals surface area contributed by atoms with Crippen LogP contribution in [0.3, 0.4) is 0 Å². The topological polar surface area (TPSA) is 81.1 Å². The summed E-state index contributed by atoms with van der Waals surface area (Å²) < 4.78 is 6.88. The second-order valence-electron chi connectivity index (χ2n) is 5.94. The lowest BCUT2D eigenvalue weighted by molar-refractivity contribution is -0.123. The van der Waals surface area contributed by atoms with Gasteiger partial charge in [-0.1, -0.05) is 5.21 Å². The van der Waals surface area contributed by atoms with Gasteiger partial charge in [0, 0.05) is 25.8 Å². The van der Waals surface area contributed by atoms with Crippen molar-refractivity contribution in [2.45, 2.75) is 44.8 Å². The predicted octanol–water partition coefficient (Wildman–Crippen LogP) is 0.0729. The van der Waals surface area contributed by atoms with Gasteiger partial charge in [0.05, 0.1) is 11.9 Å². The van der Waals surface area contributed by atoms with Gasteiger partial charge in [0.2, 0.25) is 5.91 Å². The average molecular weight is 293 g/mol. The molecule has 1 saturated heterocycles. The number of hydrogen-bond acceptors (Lipinski definition) is 5. The third-order valence-electron chi connectivity index (χ3n) is 3.91. The van der Waals surface area contributed by atoms with E-state index < -0.39 is 0 Å². The monoisotopic (exact) mass is 293 g/mol. The first-order valence-corrected chi connectivity index (χ1v) is 7.76. The van der Waals surface area contributed by atoms with E-state index in [0.717, 1.165) is 50.8 Å². The SMILES string of the molecule is O=C(Cn1cc(CNCC2CC2)nn1)NC1CCOCC1. The number of rotatable bonds is 7. The minimum atomic E-state index is -0.00992. The lowest BCUT2D eigenvalue weighted by Crippen LogP contribution is -2.40. The third-order valence-corrected chi connectivity index (χ3v) is 3.91. The first-order valence-electron chi connectivity index (χ1n) is 7.76. The fourth-order valence-electron chi connectivity index (χ4n) is 2.49. The number of hydrogen-bond donors (Lipinski definition) is 2. The van der Waals surface area contributed by atoms with E-state index in [0.29, 0.717) is 0 Å². The molecule has 0 atom stereocenters. The molecule has 2 heterocycles. The van der Waals surface area contributed by atoms with Crippen LogP contribution in [0.4, 0.5) is 0 Å². The van der Waals surface area contributed by atoms with Crippen molar-refractivity contribution in [1.82, 2.24) is 25.6 Å². The van der Waals surface area contributed by atoms with Crippen molar-refractivity contribution in [3.05, 3.63) is 11.9 Å². The summed E-state index contributed by atoms with van der Waals surface area (Å²) in [6.07, 6.45) is 6.29. The highest BCUT2D eigenvalue weighted by atomic mass is 16.5. The van der Waals surface area contributed by atoms with Crippen LogP contribution in [-0.4, -0.2) is 46.7 Å². The fourth-order valence-corrected chi connectivity index (χ4v) is 2.49. The number of ether oxygens (including phenoxy) is 1. The Bertz CT molecular complexity index is 466. The van der Waals surface area contributed by atoms with E-state index in [-0.39, 0.29) is 18.5 Å². The van der Waals surface area contributed by atoms with E-state index in [4.69, 9.17) is 4.74 Å². The summed E-state index contributed by atoms with van der Waals surface area (Å²) in [7, 11) is 0. The first kappa shape index (κ1) is 14.5. The van der Waals surface area contributed by atoms with E-state index in [1.165, 1.54) is 12.8 Å². The molecule has 2 aliphatic rings. The molecule has 0 radical (unpaired) electrons. The van der Waals surface area contributed by atoms with Crippen molar-refractivity contribution in [2.24, 2.45) is 5.92 Å². The zero-order valence-electron chi connectivity index (χ0n) is 12.3. The van der Waals surface area contributed by atoms with E-state index in [1.54, 1.807) is 4.68 Å². The van der Waals surface area contributed by atoms with E-state index in [2.05, 4.69) is 20.9 Å². The van der Waals surface area contributed by atoms with Crippen LogP contribution in [0.1, 0.15) is 31.4 Å². The highest BCUT2D eigenvalue weighted by molar-refractivity contribution is 5.75. The number of aromatic nitrogens is 3. The van der Waals surface area contributed by atoms with Crippen LogP contribution < -0.4 is 10.6 Å². The molecule has 1 aromatic heterocycles. The largest absolute Gasteiger partial charge is 0.381 e. The van der Waals surface area contributed by atoms with Crippen molar-refractivity contribution in [1.29, 1.82) is 0 Å². The predicted molar refractivity (Wildman–Crippen MR) is 76.4 cm³/mol. The molecule has 0 bridgehead atoms. The van der Waals surface area contributed by atoms with Gasteiger partial charge >= 0.3 is 0 Å². The molecular formula is C14H23N5O2. The van der Waals surface area contributed by atoms with Gasteiger partial charge in [0.25, 0.3) is 0 Å². The number of carbonyl (C=O) groups excluding carboxylic acids is 1. The number of carbonyl (C=O) groups is 1. The lowest BCUT2D eigenvalue weighted by atomic mass is 10.1. The van der Waals surface area contributed by atoms with E-state index in [1.807, 2.05) is 6.20 Å². The molecular weight excluding hydrogens is 270 g/mol. The van der Waals surface area contributed by atoms with Crippen LogP contribution in [0.2, 0.25) is 0 Å². The summed E-state index contributed by atoms with van der Waals surface area (Å²) in [5.41, 5.74) is 0.884. The van der Waals surface area contributed by atoms with Crippen LogP contribution in [0.5, 0.6) is 0 Å². The standard InChI is InChI=1S/C14H23N5O2/c20-14(16-12-3-5-21-6-4-12)10-19-9-13(17-18-19)8-15-7-11-1-2-11/h9,11-12,15H,1-8,10H2,(H,16,20). The molecule has 7 heteroatoms. The Morgan fingerprint density at radius 3 is 2.90 bits per heavy atom. The van der Waals surface area contributed by atoms with E-state index in [9.17, 15) is 4.79 Å². The van der Waals surface area contributed by atoms with Gasteiger partial charge in [0.1, 0.15) is 6.54 Å². The van der Waals surface area contributed by atoms with Crippen molar-refractivity contribution < 1.29 is 9.53 Å². The van der Waals surface area contributed by atoms with E-state index >= 15 is 0 Å². The summed E-state index contributed by atoms with van der Waals surface area (Å²) >= 11 is 0. The van der Waals surface area contributed by atoms with Crippen LogP contribution in [-0.2, 0) is 22.6 Å². The van der Waals surface area contributed by atoms with Crippen LogP contribution >= 0.6 is 0 Å². The maximum atomic E-state index is 11.9. The maximum Gasteiger partial charge on any atom is 0.242 e. The fraction of sp³-hybridized carbons (Fsp3) is 0.786. The van der Waals surface area contributed by atoms with Crippen molar-refractivity contribution in [2.75, 3.05) is 19.8 Å². The molecule has 2 N–H and O–H groups in total. The Morgan fingerprint density at radius 1 is 1.33 bits per heavy atom. The van der Waals surface area contributed by atoms with Gasteiger partial charge in [-0.15, -0.1) is 5.10 Å². The third kappa shape index (κ3) is 4.78. The highest BCUT2D eigenvalue weighted by Gasteiger charge is 2.20. The maximum absolute atomic E-state index is 11.9. The minimum absolute atomic E-state index is 0.00992. The Hall–Kier alpha value is -1.47. The van der Waals surface area contributed by atoms with Gasteiger partial charge in [0.15, 0.2) is 0 Å². The molecule has 3 rings (SSSR count). The molecule has 21 heavy (non-hydrogen) atoms. The lowest BCUT2D eigenvalue weighted by Gasteiger charge is -2.22. The molecule has 1 aliphatic carbocycles. The number of amides is 1. The average Bonchev–Trinajstić information content (AvgIpc) is 3.20. The summed E-state index contributed by atoms with van der Waals surface area (Å²) in [5, 5.41) is 14.5. The Kier molecular flexibility index (Phi) is 4.82. The second kappa shape index (κ2) is 7.00. The minimum Gasteiger partial charge on any atom is -0.381 e. The molecule has 0 aromatic carbocycles. The summed E-state index contributed by atoms with van der Waals surface area (Å²) in [5.74, 6) is 0.842. The Labute approximate surface area is 124 Å². The molecule has 1 aliphatic heterocycles. The Morgan fingerprint density at radius 2 is 2.14 bits per heavy atom. The quantitative estimate of drug-likeness (QED) is 0.744. The molecule has 1 amide bonds. The normalized spacial score (nSPS) is 19.6. The van der Waals surface area contributed by atoms with Crippen molar-refractivity contribution in [3.8, 4) is 0 Å². The summed E-state index contributed by atoms with van der Waals surface area (Å²) in [4.78, 5) is 11.9. The summed E-state index contributed by atoms with van der Waals surface area (Å²) in [6, 6.07) is 0.231. The zero-order chi connectivity index (χ0) is 14.5. The van der Waals surface area contributed by atoms with Gasteiger partial charge in [-0.2, -0.15) is 0 Å². The molecule has 116 valence electrons. The second-order valence-corrected chi connectivity index (χ2v) is 5.94. The zero-order valence-corrected chi connectivity index (χ0v) is 12.3. The molecule has 7 nitrogen and oxygen atoms in total. The molecule has 2 fully saturated rings.